The largest absolute Gasteiger partial charge is 0.490 e. The molecule has 27 heavy (non-hydrogen) atoms. The lowest BCUT2D eigenvalue weighted by atomic mass is 9.86. The topological polar surface area (TPSA) is 60.3 Å². The van der Waals surface area contributed by atoms with Crippen LogP contribution in [-0.2, 0) is 5.41 Å². The van der Waals surface area contributed by atoms with Crippen LogP contribution in [0.15, 0.2) is 41.6 Å². The van der Waals surface area contributed by atoms with Crippen LogP contribution in [0.1, 0.15) is 44.4 Å². The monoisotopic (exact) mass is 371 g/mol. The summed E-state index contributed by atoms with van der Waals surface area (Å²) in [7, 11) is 0. The van der Waals surface area contributed by atoms with Crippen molar-refractivity contribution < 1.29 is 19.4 Å². The van der Waals surface area contributed by atoms with Crippen LogP contribution in [0, 0.1) is 6.92 Å². The summed E-state index contributed by atoms with van der Waals surface area (Å²) in [4.78, 5) is 0. The molecule has 0 aliphatic carbocycles. The standard InChI is InChI=1S/C22H29NO4/c1-6-25-21-14-17(15-23-24)8-10-19(21)26-11-12-27-20-13-16(2)7-9-18(20)22(3,4)5/h7-10,13-15,24H,6,11-12H2,1-5H3. The van der Waals surface area contributed by atoms with Gasteiger partial charge in [-0.05, 0) is 54.7 Å². The fraction of sp³-hybridized carbons (Fsp3) is 0.409. The van der Waals surface area contributed by atoms with E-state index in [4.69, 9.17) is 19.4 Å². The number of hydrogen-bond acceptors (Lipinski definition) is 5. The Hall–Kier alpha value is -2.69. The summed E-state index contributed by atoms with van der Waals surface area (Å²) < 4.78 is 17.5. The predicted octanol–water partition coefficient (Wildman–Crippen LogP) is 4.96. The molecule has 0 radical (unpaired) electrons. The van der Waals surface area contributed by atoms with E-state index in [0.717, 1.165) is 11.3 Å². The lowest BCUT2D eigenvalue weighted by Gasteiger charge is -2.23. The number of hydrogen-bond donors (Lipinski definition) is 1. The van der Waals surface area contributed by atoms with Gasteiger partial charge >= 0.3 is 0 Å². The summed E-state index contributed by atoms with van der Waals surface area (Å²) in [5, 5.41) is 11.7. The van der Waals surface area contributed by atoms with E-state index in [1.165, 1.54) is 17.3 Å². The average Bonchev–Trinajstić information content (AvgIpc) is 2.60. The van der Waals surface area contributed by atoms with Crippen molar-refractivity contribution in [1.82, 2.24) is 0 Å². The van der Waals surface area contributed by atoms with Gasteiger partial charge in [0.2, 0.25) is 0 Å². The van der Waals surface area contributed by atoms with Gasteiger partial charge in [0.1, 0.15) is 19.0 Å². The summed E-state index contributed by atoms with van der Waals surface area (Å²) in [5.41, 5.74) is 3.09. The first kappa shape index (κ1) is 20.6. The van der Waals surface area contributed by atoms with Crippen molar-refractivity contribution in [2.75, 3.05) is 19.8 Å². The predicted molar refractivity (Wildman–Crippen MR) is 108 cm³/mol. The zero-order chi connectivity index (χ0) is 19.9. The molecule has 0 aromatic heterocycles. The molecule has 0 aliphatic heterocycles. The van der Waals surface area contributed by atoms with E-state index >= 15 is 0 Å². The maximum Gasteiger partial charge on any atom is 0.161 e. The van der Waals surface area contributed by atoms with Crippen molar-refractivity contribution in [2.45, 2.75) is 40.0 Å². The first-order valence-electron chi connectivity index (χ1n) is 9.16. The van der Waals surface area contributed by atoms with E-state index in [2.05, 4.69) is 51.0 Å². The van der Waals surface area contributed by atoms with Gasteiger partial charge in [-0.1, -0.05) is 38.1 Å². The highest BCUT2D eigenvalue weighted by molar-refractivity contribution is 5.80. The molecule has 0 bridgehead atoms. The molecule has 2 aromatic rings. The molecule has 5 nitrogen and oxygen atoms in total. The van der Waals surface area contributed by atoms with E-state index < -0.39 is 0 Å². The zero-order valence-corrected chi connectivity index (χ0v) is 16.8. The van der Waals surface area contributed by atoms with E-state index in [1.807, 2.05) is 6.92 Å². The Kier molecular flexibility index (Phi) is 7.11. The highest BCUT2D eigenvalue weighted by Crippen LogP contribution is 2.32. The highest BCUT2D eigenvalue weighted by Gasteiger charge is 2.19. The second kappa shape index (κ2) is 9.31. The van der Waals surface area contributed by atoms with Gasteiger partial charge in [-0.25, -0.2) is 0 Å². The lowest BCUT2D eigenvalue weighted by molar-refractivity contribution is 0.206. The maximum absolute atomic E-state index is 8.67. The van der Waals surface area contributed by atoms with Crippen LogP contribution < -0.4 is 14.2 Å². The van der Waals surface area contributed by atoms with Crippen LogP contribution in [0.25, 0.3) is 0 Å². The van der Waals surface area contributed by atoms with Crippen LogP contribution in [0.5, 0.6) is 17.2 Å². The van der Waals surface area contributed by atoms with Crippen molar-refractivity contribution in [2.24, 2.45) is 5.16 Å². The quantitative estimate of drug-likeness (QED) is 0.308. The SMILES string of the molecule is CCOc1cc(C=NO)ccc1OCCOc1cc(C)ccc1C(C)(C)C. The van der Waals surface area contributed by atoms with Gasteiger partial charge in [-0.3, -0.25) is 0 Å². The molecule has 0 spiro atoms. The Morgan fingerprint density at radius 1 is 0.926 bits per heavy atom. The van der Waals surface area contributed by atoms with Crippen LogP contribution in [0.4, 0.5) is 0 Å². The molecule has 0 saturated heterocycles. The van der Waals surface area contributed by atoms with Crippen molar-refractivity contribution >= 4 is 6.21 Å². The normalized spacial score (nSPS) is 11.6. The van der Waals surface area contributed by atoms with Crippen LogP contribution in [0.3, 0.4) is 0 Å². The van der Waals surface area contributed by atoms with E-state index in [-0.39, 0.29) is 5.41 Å². The Morgan fingerprint density at radius 2 is 1.63 bits per heavy atom. The number of oxime groups is 1. The van der Waals surface area contributed by atoms with Crippen molar-refractivity contribution in [3.63, 3.8) is 0 Å². The smallest absolute Gasteiger partial charge is 0.161 e. The number of rotatable bonds is 8. The fourth-order valence-corrected chi connectivity index (χ4v) is 2.73. The zero-order valence-electron chi connectivity index (χ0n) is 16.8. The van der Waals surface area contributed by atoms with Gasteiger partial charge in [0.25, 0.3) is 0 Å². The van der Waals surface area contributed by atoms with E-state index in [0.29, 0.717) is 31.3 Å². The van der Waals surface area contributed by atoms with Gasteiger partial charge in [0.05, 0.1) is 12.8 Å². The van der Waals surface area contributed by atoms with Gasteiger partial charge in [-0.2, -0.15) is 0 Å². The Morgan fingerprint density at radius 3 is 2.26 bits per heavy atom. The summed E-state index contributed by atoms with van der Waals surface area (Å²) >= 11 is 0. The Balaban J connectivity index is 2.02. The third-order valence-electron chi connectivity index (χ3n) is 4.02. The minimum absolute atomic E-state index is 0.0100. The number of aryl methyl sites for hydroxylation is 1. The second-order valence-electron chi connectivity index (χ2n) is 7.33. The number of nitrogens with zero attached hydrogens (tertiary/aromatic N) is 1. The molecule has 0 saturated carbocycles. The van der Waals surface area contributed by atoms with E-state index in [1.54, 1.807) is 18.2 Å². The summed E-state index contributed by atoms with van der Waals surface area (Å²) in [6.07, 6.45) is 1.35. The molecule has 0 aliphatic rings. The minimum Gasteiger partial charge on any atom is -0.490 e. The first-order valence-corrected chi connectivity index (χ1v) is 9.16. The van der Waals surface area contributed by atoms with Crippen molar-refractivity contribution in [3.05, 3.63) is 53.1 Å². The molecule has 0 heterocycles. The van der Waals surface area contributed by atoms with E-state index in [9.17, 15) is 0 Å². The lowest BCUT2D eigenvalue weighted by Crippen LogP contribution is -2.16. The molecule has 0 unspecified atom stereocenters. The summed E-state index contributed by atoms with van der Waals surface area (Å²) in [6, 6.07) is 11.7. The Labute approximate surface area is 161 Å². The molecule has 1 N–H and O–H groups in total. The molecular weight excluding hydrogens is 342 g/mol. The van der Waals surface area contributed by atoms with Gasteiger partial charge in [-0.15, -0.1) is 0 Å². The van der Waals surface area contributed by atoms with Gasteiger partial charge in [0.15, 0.2) is 11.5 Å². The third kappa shape index (κ3) is 5.91. The molecule has 2 rings (SSSR count). The van der Waals surface area contributed by atoms with Gasteiger partial charge < -0.3 is 19.4 Å². The third-order valence-corrected chi connectivity index (χ3v) is 4.02. The summed E-state index contributed by atoms with van der Waals surface area (Å²) in [5.74, 6) is 2.14. The van der Waals surface area contributed by atoms with Crippen LogP contribution in [0.2, 0.25) is 0 Å². The first-order chi connectivity index (χ1) is 12.8. The highest BCUT2D eigenvalue weighted by atomic mass is 16.5. The fourth-order valence-electron chi connectivity index (χ4n) is 2.73. The molecule has 0 atom stereocenters. The molecule has 0 fully saturated rings. The van der Waals surface area contributed by atoms with Crippen LogP contribution in [-0.4, -0.2) is 31.2 Å². The molecule has 146 valence electrons. The minimum atomic E-state index is 0.0100. The Bertz CT molecular complexity index is 778. The molecular formula is C22H29NO4. The molecule has 2 aromatic carbocycles. The number of ether oxygens (including phenoxy) is 3. The maximum atomic E-state index is 8.67. The van der Waals surface area contributed by atoms with Crippen molar-refractivity contribution in [3.8, 4) is 17.2 Å². The van der Waals surface area contributed by atoms with Crippen LogP contribution >= 0.6 is 0 Å². The molecule has 0 amide bonds. The number of benzene rings is 2. The molecule has 5 heteroatoms. The summed E-state index contributed by atoms with van der Waals surface area (Å²) in [6.45, 7) is 11.8. The average molecular weight is 371 g/mol. The van der Waals surface area contributed by atoms with Gasteiger partial charge in [0, 0.05) is 5.56 Å². The second-order valence-corrected chi connectivity index (χ2v) is 7.33. The van der Waals surface area contributed by atoms with Crippen molar-refractivity contribution in [1.29, 1.82) is 0 Å².